The molecule has 2 aromatic heterocycles. The Morgan fingerprint density at radius 3 is 2.78 bits per heavy atom. The molecule has 0 saturated carbocycles. The van der Waals surface area contributed by atoms with Gasteiger partial charge >= 0.3 is 6.09 Å². The Labute approximate surface area is 194 Å². The van der Waals surface area contributed by atoms with Crippen LogP contribution in [0.4, 0.5) is 4.79 Å². The number of hydrogen-bond acceptors (Lipinski definition) is 7. The molecule has 0 spiro atoms. The maximum Gasteiger partial charge on any atom is 0.413 e. The zero-order valence-electron chi connectivity index (χ0n) is 18.1. The number of amides is 2. The summed E-state index contributed by atoms with van der Waals surface area (Å²) >= 11 is 2.73. The van der Waals surface area contributed by atoms with Crippen LogP contribution in [0.15, 0.2) is 34.2 Å². The molecule has 168 valence electrons. The van der Waals surface area contributed by atoms with Crippen LogP contribution in [0.2, 0.25) is 0 Å². The zero-order chi connectivity index (χ0) is 22.7. The highest BCUT2D eigenvalue weighted by Crippen LogP contribution is 2.34. The lowest BCUT2D eigenvalue weighted by Gasteiger charge is -2.14. The first-order valence-corrected chi connectivity index (χ1v) is 12.5. The Morgan fingerprint density at radius 1 is 1.22 bits per heavy atom. The first-order valence-electron chi connectivity index (χ1n) is 10.7. The summed E-state index contributed by atoms with van der Waals surface area (Å²) in [6.45, 7) is 3.80. The van der Waals surface area contributed by atoms with Gasteiger partial charge in [-0.3, -0.25) is 19.5 Å². The monoisotopic (exact) mass is 471 g/mol. The Balaban J connectivity index is 1.78. The van der Waals surface area contributed by atoms with Gasteiger partial charge in [-0.15, -0.1) is 11.3 Å². The van der Waals surface area contributed by atoms with Gasteiger partial charge in [-0.2, -0.15) is 0 Å². The summed E-state index contributed by atoms with van der Waals surface area (Å²) in [5, 5.41) is 3.33. The van der Waals surface area contributed by atoms with Gasteiger partial charge in [-0.05, 0) is 56.7 Å². The third-order valence-corrected chi connectivity index (χ3v) is 7.54. The summed E-state index contributed by atoms with van der Waals surface area (Å²) in [4.78, 5) is 44.3. The fourth-order valence-electron chi connectivity index (χ4n) is 3.93. The van der Waals surface area contributed by atoms with E-state index in [0.29, 0.717) is 10.5 Å². The minimum atomic E-state index is -0.778. The van der Waals surface area contributed by atoms with E-state index in [1.165, 1.54) is 11.3 Å². The molecule has 4 rings (SSSR count). The average Bonchev–Trinajstić information content (AvgIpc) is 2.94. The van der Waals surface area contributed by atoms with Crippen molar-refractivity contribution in [3.05, 3.63) is 50.6 Å². The standard InChI is InChI=1S/C23H25N3O4S2/c1-3-30-23(29)24-18(27)13-31-22-25-20-19(15-10-5-4-6-12-17(15)32-20)21(28)26(22)16-11-8-7-9-14(16)2/h7-9,11H,3-6,10,12-13H2,1-2H3,(H,24,27,29). The van der Waals surface area contributed by atoms with Crippen molar-refractivity contribution in [2.75, 3.05) is 12.4 Å². The molecule has 1 aromatic carbocycles. The van der Waals surface area contributed by atoms with Crippen LogP contribution in [-0.4, -0.2) is 33.9 Å². The lowest BCUT2D eigenvalue weighted by Crippen LogP contribution is -2.32. The Morgan fingerprint density at radius 2 is 2.00 bits per heavy atom. The highest BCUT2D eigenvalue weighted by molar-refractivity contribution is 7.99. The molecule has 0 aliphatic heterocycles. The van der Waals surface area contributed by atoms with Crippen molar-refractivity contribution in [3.63, 3.8) is 0 Å². The van der Waals surface area contributed by atoms with Crippen LogP contribution in [0.25, 0.3) is 15.9 Å². The number of thioether (sulfide) groups is 1. The Bertz CT molecular complexity index is 1230. The van der Waals surface area contributed by atoms with Crippen LogP contribution in [-0.2, 0) is 22.4 Å². The van der Waals surface area contributed by atoms with Crippen LogP contribution >= 0.6 is 23.1 Å². The fourth-order valence-corrected chi connectivity index (χ4v) is 6.04. The molecule has 3 aromatic rings. The number of thiophene rings is 1. The first kappa shape index (κ1) is 22.5. The lowest BCUT2D eigenvalue weighted by molar-refractivity contribution is -0.117. The molecule has 1 aliphatic carbocycles. The minimum Gasteiger partial charge on any atom is -0.450 e. The van der Waals surface area contributed by atoms with E-state index in [2.05, 4.69) is 5.32 Å². The molecule has 0 fully saturated rings. The number of nitrogens with one attached hydrogen (secondary N) is 1. The molecule has 1 aliphatic rings. The number of ether oxygens (including phenoxy) is 1. The Hall–Kier alpha value is -2.65. The molecule has 0 saturated heterocycles. The van der Waals surface area contributed by atoms with Crippen LogP contribution < -0.4 is 10.9 Å². The van der Waals surface area contributed by atoms with Gasteiger partial charge in [0.25, 0.3) is 5.56 Å². The van der Waals surface area contributed by atoms with Gasteiger partial charge in [0.05, 0.1) is 23.4 Å². The van der Waals surface area contributed by atoms with E-state index in [1.807, 2.05) is 31.2 Å². The van der Waals surface area contributed by atoms with E-state index < -0.39 is 12.0 Å². The second-order valence-corrected chi connectivity index (χ2v) is 9.65. The lowest BCUT2D eigenvalue weighted by atomic mass is 10.1. The zero-order valence-corrected chi connectivity index (χ0v) is 19.7. The van der Waals surface area contributed by atoms with Crippen molar-refractivity contribution in [2.24, 2.45) is 0 Å². The maximum atomic E-state index is 13.8. The summed E-state index contributed by atoms with van der Waals surface area (Å²) in [7, 11) is 0. The van der Waals surface area contributed by atoms with Crippen LogP contribution in [0.5, 0.6) is 0 Å². The van der Waals surface area contributed by atoms with Crippen LogP contribution in [0, 0.1) is 6.92 Å². The van der Waals surface area contributed by atoms with Gasteiger partial charge in [0.1, 0.15) is 4.83 Å². The molecule has 0 radical (unpaired) electrons. The first-order chi connectivity index (χ1) is 15.5. The van der Waals surface area contributed by atoms with Crippen molar-refractivity contribution in [3.8, 4) is 5.69 Å². The SMILES string of the molecule is CCOC(=O)NC(=O)CSc1nc2sc3c(c2c(=O)n1-c1ccccc1C)CCCCC3. The summed E-state index contributed by atoms with van der Waals surface area (Å²) in [5.74, 6) is -0.561. The van der Waals surface area contributed by atoms with Crippen molar-refractivity contribution >= 4 is 45.3 Å². The molecule has 0 atom stereocenters. The summed E-state index contributed by atoms with van der Waals surface area (Å²) in [6, 6.07) is 7.64. The van der Waals surface area contributed by atoms with E-state index in [9.17, 15) is 14.4 Å². The largest absolute Gasteiger partial charge is 0.450 e. The predicted octanol–water partition coefficient (Wildman–Crippen LogP) is 4.39. The molecule has 7 nitrogen and oxygen atoms in total. The topological polar surface area (TPSA) is 90.3 Å². The fraction of sp³-hybridized carbons (Fsp3) is 0.391. The van der Waals surface area contributed by atoms with Gasteiger partial charge in [-0.1, -0.05) is 36.4 Å². The van der Waals surface area contributed by atoms with Gasteiger partial charge in [0, 0.05) is 4.88 Å². The molecule has 9 heteroatoms. The van der Waals surface area contributed by atoms with Crippen molar-refractivity contribution < 1.29 is 14.3 Å². The van der Waals surface area contributed by atoms with E-state index in [4.69, 9.17) is 9.72 Å². The number of hydrogen-bond donors (Lipinski definition) is 1. The normalized spacial score (nSPS) is 13.4. The van der Waals surface area contributed by atoms with E-state index >= 15 is 0 Å². The number of rotatable bonds is 5. The third kappa shape index (κ3) is 4.59. The highest BCUT2D eigenvalue weighted by Gasteiger charge is 2.23. The number of nitrogens with zero attached hydrogens (tertiary/aromatic N) is 2. The Kier molecular flexibility index (Phi) is 6.95. The number of benzene rings is 1. The van der Waals surface area contributed by atoms with E-state index in [-0.39, 0.29) is 17.9 Å². The maximum absolute atomic E-state index is 13.8. The molecular weight excluding hydrogens is 446 g/mol. The third-order valence-electron chi connectivity index (χ3n) is 5.41. The quantitative estimate of drug-likeness (QED) is 0.337. The molecule has 0 bridgehead atoms. The predicted molar refractivity (Wildman–Crippen MR) is 127 cm³/mol. The van der Waals surface area contributed by atoms with Crippen LogP contribution in [0.1, 0.15) is 42.2 Å². The molecule has 2 amide bonds. The number of carbonyl (C=O) groups excluding carboxylic acids is 2. The smallest absolute Gasteiger partial charge is 0.413 e. The minimum absolute atomic E-state index is 0.0618. The van der Waals surface area contributed by atoms with Crippen molar-refractivity contribution in [1.29, 1.82) is 0 Å². The number of aryl methyl sites for hydroxylation is 3. The number of fused-ring (bicyclic) bond motifs is 3. The van der Waals surface area contributed by atoms with Gasteiger partial charge < -0.3 is 4.74 Å². The number of aromatic nitrogens is 2. The van der Waals surface area contributed by atoms with Crippen LogP contribution in [0.3, 0.4) is 0 Å². The summed E-state index contributed by atoms with van der Waals surface area (Å²) in [5.41, 5.74) is 2.72. The van der Waals surface area contributed by atoms with E-state index in [1.54, 1.807) is 22.8 Å². The molecular formula is C23H25N3O4S2. The molecule has 2 heterocycles. The second kappa shape index (κ2) is 9.87. The number of alkyl carbamates (subject to hydrolysis) is 1. The number of para-hydroxylation sites is 1. The number of imide groups is 1. The number of carbonyl (C=O) groups is 2. The van der Waals surface area contributed by atoms with Crippen molar-refractivity contribution in [1.82, 2.24) is 14.9 Å². The average molecular weight is 472 g/mol. The van der Waals surface area contributed by atoms with Gasteiger partial charge in [0.2, 0.25) is 5.91 Å². The molecule has 0 unspecified atom stereocenters. The molecule has 1 N–H and O–H groups in total. The van der Waals surface area contributed by atoms with E-state index in [0.717, 1.165) is 59.1 Å². The van der Waals surface area contributed by atoms with Crippen molar-refractivity contribution in [2.45, 2.75) is 51.1 Å². The molecule has 32 heavy (non-hydrogen) atoms. The summed E-state index contributed by atoms with van der Waals surface area (Å²) < 4.78 is 6.37. The highest BCUT2D eigenvalue weighted by atomic mass is 32.2. The van der Waals surface area contributed by atoms with Gasteiger partial charge in [-0.25, -0.2) is 9.78 Å². The second-order valence-electron chi connectivity index (χ2n) is 7.62. The van der Waals surface area contributed by atoms with Gasteiger partial charge in [0.15, 0.2) is 5.16 Å². The summed E-state index contributed by atoms with van der Waals surface area (Å²) in [6.07, 6.45) is 4.47.